The average Bonchev–Trinajstić information content (AvgIpc) is 2.97. The lowest BCUT2D eigenvalue weighted by Crippen LogP contribution is -2.39. The first-order chi connectivity index (χ1) is 9.69. The number of rotatable bonds is 2. The Morgan fingerprint density at radius 3 is 2.48 bits per heavy atom. The lowest BCUT2D eigenvalue weighted by molar-refractivity contribution is -0.133. The number of likely N-dealkylation sites (tertiary alicyclic amines) is 1. The van der Waals surface area contributed by atoms with Gasteiger partial charge in [0.25, 0.3) is 0 Å². The van der Waals surface area contributed by atoms with Crippen LogP contribution in [0.1, 0.15) is 18.4 Å². The number of nitrogens with zero attached hydrogens (tertiary/aromatic N) is 1. The van der Waals surface area contributed by atoms with Crippen molar-refractivity contribution in [1.82, 2.24) is 10.2 Å². The third kappa shape index (κ3) is 2.45. The SMILES string of the molecule is Cl.O=C(N1C[C@H]2CNC[C@H]2C1)C1(c2cccc(Cl)c2)CC1. The van der Waals surface area contributed by atoms with Crippen LogP contribution in [0.5, 0.6) is 0 Å². The van der Waals surface area contributed by atoms with Crippen LogP contribution in [0.4, 0.5) is 0 Å². The molecule has 1 N–H and O–H groups in total. The van der Waals surface area contributed by atoms with E-state index in [1.165, 1.54) is 0 Å². The molecule has 114 valence electrons. The first-order valence-corrected chi connectivity index (χ1v) is 7.83. The molecule has 2 aliphatic heterocycles. The number of carbonyl (C=O) groups is 1. The van der Waals surface area contributed by atoms with E-state index in [0.717, 1.165) is 49.6 Å². The summed E-state index contributed by atoms with van der Waals surface area (Å²) >= 11 is 6.09. The molecule has 3 nitrogen and oxygen atoms in total. The Morgan fingerprint density at radius 1 is 1.24 bits per heavy atom. The maximum Gasteiger partial charge on any atom is 0.233 e. The molecule has 1 aromatic carbocycles. The van der Waals surface area contributed by atoms with Crippen LogP contribution < -0.4 is 5.32 Å². The van der Waals surface area contributed by atoms with Gasteiger partial charge in [-0.1, -0.05) is 23.7 Å². The summed E-state index contributed by atoms with van der Waals surface area (Å²) in [6, 6.07) is 7.84. The molecule has 5 heteroatoms. The van der Waals surface area contributed by atoms with Gasteiger partial charge in [0.2, 0.25) is 5.91 Å². The van der Waals surface area contributed by atoms with E-state index in [4.69, 9.17) is 11.6 Å². The molecule has 3 aliphatic rings. The number of fused-ring (bicyclic) bond motifs is 1. The molecule has 0 spiro atoms. The molecule has 0 radical (unpaired) electrons. The molecule has 2 heterocycles. The Kier molecular flexibility index (Phi) is 3.93. The van der Waals surface area contributed by atoms with Crippen LogP contribution in [0.25, 0.3) is 0 Å². The minimum atomic E-state index is -0.267. The fourth-order valence-electron chi connectivity index (χ4n) is 3.86. The van der Waals surface area contributed by atoms with Gasteiger partial charge in [0.05, 0.1) is 5.41 Å². The van der Waals surface area contributed by atoms with Crippen molar-refractivity contribution < 1.29 is 4.79 Å². The summed E-state index contributed by atoms with van der Waals surface area (Å²) in [5, 5.41) is 4.15. The van der Waals surface area contributed by atoms with Crippen molar-refractivity contribution >= 4 is 29.9 Å². The molecule has 2 saturated heterocycles. The number of hydrogen-bond acceptors (Lipinski definition) is 2. The van der Waals surface area contributed by atoms with E-state index >= 15 is 0 Å². The lowest BCUT2D eigenvalue weighted by Gasteiger charge is -2.24. The summed E-state index contributed by atoms with van der Waals surface area (Å²) in [6.45, 7) is 3.99. The van der Waals surface area contributed by atoms with Crippen LogP contribution in [0.2, 0.25) is 5.02 Å². The smallest absolute Gasteiger partial charge is 0.233 e. The van der Waals surface area contributed by atoms with E-state index < -0.39 is 0 Å². The molecular weight excluding hydrogens is 307 g/mol. The second-order valence-corrected chi connectivity index (χ2v) is 6.92. The molecule has 21 heavy (non-hydrogen) atoms. The number of nitrogens with one attached hydrogen (secondary N) is 1. The van der Waals surface area contributed by atoms with Gasteiger partial charge in [-0.25, -0.2) is 0 Å². The topological polar surface area (TPSA) is 32.3 Å². The quantitative estimate of drug-likeness (QED) is 0.905. The van der Waals surface area contributed by atoms with E-state index in [-0.39, 0.29) is 17.8 Å². The summed E-state index contributed by atoms with van der Waals surface area (Å²) in [6.07, 6.45) is 1.94. The van der Waals surface area contributed by atoms with E-state index in [9.17, 15) is 4.79 Å². The molecule has 1 amide bonds. The van der Waals surface area contributed by atoms with Gasteiger partial charge in [-0.2, -0.15) is 0 Å². The predicted molar refractivity (Wildman–Crippen MR) is 86.0 cm³/mol. The van der Waals surface area contributed by atoms with Gasteiger partial charge in [-0.05, 0) is 42.4 Å². The van der Waals surface area contributed by atoms with Crippen molar-refractivity contribution in [1.29, 1.82) is 0 Å². The average molecular weight is 327 g/mol. The van der Waals surface area contributed by atoms with Crippen molar-refractivity contribution in [2.45, 2.75) is 18.3 Å². The molecule has 1 aromatic rings. The first-order valence-electron chi connectivity index (χ1n) is 7.45. The van der Waals surface area contributed by atoms with Gasteiger partial charge in [0.1, 0.15) is 0 Å². The lowest BCUT2D eigenvalue weighted by atomic mass is 9.94. The van der Waals surface area contributed by atoms with Crippen LogP contribution in [0, 0.1) is 11.8 Å². The molecule has 3 fully saturated rings. The van der Waals surface area contributed by atoms with Crippen molar-refractivity contribution in [3.05, 3.63) is 34.9 Å². The first kappa shape index (κ1) is 15.1. The number of halogens is 2. The number of carbonyl (C=O) groups excluding carboxylic acids is 1. The zero-order valence-corrected chi connectivity index (χ0v) is 13.4. The number of amides is 1. The molecular formula is C16H20Cl2N2O. The van der Waals surface area contributed by atoms with Crippen LogP contribution in [0.15, 0.2) is 24.3 Å². The van der Waals surface area contributed by atoms with Crippen molar-refractivity contribution in [3.63, 3.8) is 0 Å². The maximum atomic E-state index is 12.9. The van der Waals surface area contributed by atoms with E-state index in [1.54, 1.807) is 0 Å². The van der Waals surface area contributed by atoms with Gasteiger partial charge in [-0.15, -0.1) is 12.4 Å². The fraction of sp³-hybridized carbons (Fsp3) is 0.562. The number of benzene rings is 1. The van der Waals surface area contributed by atoms with Crippen LogP contribution in [0.3, 0.4) is 0 Å². The summed E-state index contributed by atoms with van der Waals surface area (Å²) < 4.78 is 0. The Bertz CT molecular complexity index is 547. The van der Waals surface area contributed by atoms with Crippen LogP contribution >= 0.6 is 24.0 Å². The summed E-state index contributed by atoms with van der Waals surface area (Å²) in [7, 11) is 0. The number of hydrogen-bond donors (Lipinski definition) is 1. The third-order valence-corrected chi connectivity index (χ3v) is 5.45. The van der Waals surface area contributed by atoms with Crippen LogP contribution in [-0.2, 0) is 10.2 Å². The van der Waals surface area contributed by atoms with E-state index in [1.807, 2.05) is 18.2 Å². The highest BCUT2D eigenvalue weighted by Gasteiger charge is 2.54. The summed E-state index contributed by atoms with van der Waals surface area (Å²) in [5.74, 6) is 1.65. The van der Waals surface area contributed by atoms with Crippen LogP contribution in [-0.4, -0.2) is 37.0 Å². The zero-order chi connectivity index (χ0) is 13.7. The molecule has 1 aliphatic carbocycles. The Balaban J connectivity index is 0.00000132. The van der Waals surface area contributed by atoms with Crippen molar-refractivity contribution in [3.8, 4) is 0 Å². The van der Waals surface area contributed by atoms with Crippen molar-refractivity contribution in [2.75, 3.05) is 26.2 Å². The highest BCUT2D eigenvalue weighted by molar-refractivity contribution is 6.30. The maximum absolute atomic E-state index is 12.9. The molecule has 0 unspecified atom stereocenters. The second-order valence-electron chi connectivity index (χ2n) is 6.48. The van der Waals surface area contributed by atoms with E-state index in [0.29, 0.717) is 17.7 Å². The monoisotopic (exact) mass is 326 g/mol. The van der Waals surface area contributed by atoms with Gasteiger partial charge < -0.3 is 10.2 Å². The van der Waals surface area contributed by atoms with Crippen molar-refractivity contribution in [2.24, 2.45) is 11.8 Å². The molecule has 0 bridgehead atoms. The highest BCUT2D eigenvalue weighted by atomic mass is 35.5. The van der Waals surface area contributed by atoms with Gasteiger partial charge in [0, 0.05) is 31.2 Å². The standard InChI is InChI=1S/C16H19ClN2O.ClH/c17-14-3-1-2-13(6-14)16(4-5-16)15(20)19-9-11-7-18-8-12(11)10-19;/h1-3,6,11-12,18H,4-5,7-10H2;1H/t11-,12+;. The minimum Gasteiger partial charge on any atom is -0.341 e. The third-order valence-electron chi connectivity index (χ3n) is 5.21. The molecule has 2 atom stereocenters. The highest BCUT2D eigenvalue weighted by Crippen LogP contribution is 2.50. The predicted octanol–water partition coefficient (Wildman–Crippen LogP) is 2.47. The summed E-state index contributed by atoms with van der Waals surface area (Å²) in [4.78, 5) is 15.0. The Labute approximate surface area is 136 Å². The molecule has 0 aromatic heterocycles. The Hall–Kier alpha value is -0.770. The van der Waals surface area contributed by atoms with Gasteiger partial charge >= 0.3 is 0 Å². The molecule has 1 saturated carbocycles. The minimum absolute atomic E-state index is 0. The second kappa shape index (κ2) is 5.45. The Morgan fingerprint density at radius 2 is 1.90 bits per heavy atom. The van der Waals surface area contributed by atoms with E-state index in [2.05, 4.69) is 16.3 Å². The zero-order valence-electron chi connectivity index (χ0n) is 11.8. The molecule has 4 rings (SSSR count). The van der Waals surface area contributed by atoms with Gasteiger partial charge in [0.15, 0.2) is 0 Å². The summed E-state index contributed by atoms with van der Waals surface area (Å²) in [5.41, 5.74) is 0.835. The fourth-order valence-corrected chi connectivity index (χ4v) is 4.05. The normalized spacial score (nSPS) is 28.9. The van der Waals surface area contributed by atoms with Gasteiger partial charge in [-0.3, -0.25) is 4.79 Å². The largest absolute Gasteiger partial charge is 0.341 e.